The van der Waals surface area contributed by atoms with Crippen LogP contribution in [0.1, 0.15) is 438 Å². The van der Waals surface area contributed by atoms with Crippen LogP contribution in [0.15, 0.2) is 0 Å². The van der Waals surface area contributed by atoms with E-state index < -0.39 is 10.1 Å². The summed E-state index contributed by atoms with van der Waals surface area (Å²) in [5.74, 6) is -0.189. The molecule has 0 heterocycles. The van der Waals surface area contributed by atoms with Gasteiger partial charge in [0.25, 0.3) is 0 Å². The summed E-state index contributed by atoms with van der Waals surface area (Å²) in [5, 5.41) is 0. The molecule has 4 nitrogen and oxygen atoms in total. The largest absolute Gasteiger partial charge is 0.748 e. The predicted molar refractivity (Wildman–Crippen MR) is 351 cm³/mol. The molecule has 0 N–H and O–H groups in total. The van der Waals surface area contributed by atoms with Crippen LogP contribution < -0.4 is 0 Å². The molecule has 78 heavy (non-hydrogen) atoms. The fraction of sp³-hybridized carbons (Fsp3) is 1.00. The highest BCUT2D eigenvalue weighted by Gasteiger charge is 2.26. The Morgan fingerprint density at radius 2 is 0.308 bits per heavy atom. The van der Waals surface area contributed by atoms with Crippen LogP contribution in [0.5, 0.6) is 0 Å². The first kappa shape index (κ1) is 77.9. The number of rotatable bonds is 71. The SMILES string of the molecule is CCCCCCCCCCCCCCCCCCCCCCC[N+](CCCCCCCCCCCCCCCCCCCCCCC)(CCCCCCCCCCCCCCCCCCCCCCC)CCCCS(=O)(=O)[O-]. The number of hydrogen-bond acceptors (Lipinski definition) is 3. The monoisotopic (exact) mass is 1120 g/mol. The van der Waals surface area contributed by atoms with Crippen molar-refractivity contribution in [2.45, 2.75) is 438 Å². The average Bonchev–Trinajstić information content (AvgIpc) is 3.43. The first-order chi connectivity index (χ1) is 38.4. The second-order valence-electron chi connectivity index (χ2n) is 26.4. The van der Waals surface area contributed by atoms with Gasteiger partial charge < -0.3 is 9.04 Å². The Hall–Kier alpha value is -0.130. The highest BCUT2D eigenvalue weighted by Crippen LogP contribution is 2.23. The topological polar surface area (TPSA) is 57.2 Å². The molecule has 0 aromatic carbocycles. The molecule has 5 heteroatoms. The molecule has 0 spiro atoms. The molecule has 0 atom stereocenters. The van der Waals surface area contributed by atoms with Gasteiger partial charge in [-0.2, -0.15) is 0 Å². The lowest BCUT2D eigenvalue weighted by atomic mass is 10.0. The van der Waals surface area contributed by atoms with Crippen LogP contribution in [0.25, 0.3) is 0 Å². The normalized spacial score (nSPS) is 12.2. The molecular formula is C73H149NO3S. The minimum Gasteiger partial charge on any atom is -0.748 e. The average molecular weight is 1120 g/mol. The van der Waals surface area contributed by atoms with E-state index in [0.717, 1.165) is 13.0 Å². The van der Waals surface area contributed by atoms with Crippen LogP contribution in [-0.4, -0.2) is 49.4 Å². The van der Waals surface area contributed by atoms with Gasteiger partial charge >= 0.3 is 0 Å². The Labute approximate surface area is 495 Å². The first-order valence-corrected chi connectivity index (χ1v) is 38.8. The molecule has 0 aromatic heterocycles. The minimum atomic E-state index is -4.14. The highest BCUT2D eigenvalue weighted by molar-refractivity contribution is 7.85. The van der Waals surface area contributed by atoms with Gasteiger partial charge in [0.05, 0.1) is 36.3 Å². The summed E-state index contributed by atoms with van der Waals surface area (Å²) < 4.78 is 36.0. The minimum absolute atomic E-state index is 0.189. The zero-order chi connectivity index (χ0) is 56.5. The summed E-state index contributed by atoms with van der Waals surface area (Å²) in [6.07, 6.45) is 91.0. The fourth-order valence-corrected chi connectivity index (χ4v) is 13.6. The highest BCUT2D eigenvalue weighted by atomic mass is 32.2. The number of unbranched alkanes of at least 4 members (excludes halogenated alkanes) is 61. The van der Waals surface area contributed by atoms with Gasteiger partial charge in [-0.3, -0.25) is 0 Å². The van der Waals surface area contributed by atoms with E-state index in [-0.39, 0.29) is 5.75 Å². The zero-order valence-electron chi connectivity index (χ0n) is 54.6. The van der Waals surface area contributed by atoms with E-state index in [9.17, 15) is 13.0 Å². The summed E-state index contributed by atoms with van der Waals surface area (Å²) >= 11 is 0. The van der Waals surface area contributed by atoms with Gasteiger partial charge in [0.1, 0.15) is 0 Å². The molecule has 0 aliphatic rings. The Morgan fingerprint density at radius 1 is 0.192 bits per heavy atom. The molecule has 0 aromatic rings. The van der Waals surface area contributed by atoms with Crippen LogP contribution in [-0.2, 0) is 10.1 Å². The Morgan fingerprint density at radius 3 is 0.436 bits per heavy atom. The fourth-order valence-electron chi connectivity index (χ4n) is 13.0. The van der Waals surface area contributed by atoms with Crippen LogP contribution in [0, 0.1) is 0 Å². The molecule has 0 aliphatic heterocycles. The van der Waals surface area contributed by atoms with Crippen molar-refractivity contribution in [2.75, 3.05) is 31.9 Å². The summed E-state index contributed by atoms with van der Waals surface area (Å²) in [7, 11) is -4.14. The van der Waals surface area contributed by atoms with Crippen molar-refractivity contribution < 1.29 is 17.5 Å². The molecule has 0 saturated heterocycles. The quantitative estimate of drug-likeness (QED) is 0.0346. The molecule has 0 amide bonds. The second kappa shape index (κ2) is 66.0. The van der Waals surface area contributed by atoms with Gasteiger partial charge in [-0.25, -0.2) is 8.42 Å². The van der Waals surface area contributed by atoms with E-state index >= 15 is 0 Å². The predicted octanol–water partition coefficient (Wildman–Crippen LogP) is 25.8. The van der Waals surface area contributed by atoms with Crippen molar-refractivity contribution in [2.24, 2.45) is 0 Å². The third-order valence-corrected chi connectivity index (χ3v) is 19.3. The summed E-state index contributed by atoms with van der Waals surface area (Å²) in [5.41, 5.74) is 0. The maximum atomic E-state index is 11.6. The van der Waals surface area contributed by atoms with Crippen molar-refractivity contribution in [1.82, 2.24) is 0 Å². The number of quaternary nitrogens is 1. The van der Waals surface area contributed by atoms with Crippen LogP contribution in [0.2, 0.25) is 0 Å². The molecule has 0 bridgehead atoms. The third-order valence-electron chi connectivity index (χ3n) is 18.5. The van der Waals surface area contributed by atoms with Gasteiger partial charge in [0, 0.05) is 5.75 Å². The van der Waals surface area contributed by atoms with Crippen molar-refractivity contribution in [3.63, 3.8) is 0 Å². The van der Waals surface area contributed by atoms with E-state index in [1.165, 1.54) is 429 Å². The molecule has 0 radical (unpaired) electrons. The van der Waals surface area contributed by atoms with Crippen molar-refractivity contribution in [3.8, 4) is 0 Å². The summed E-state index contributed by atoms with van der Waals surface area (Å²) in [4.78, 5) is 0. The number of hydrogen-bond donors (Lipinski definition) is 0. The van der Waals surface area contributed by atoms with Gasteiger partial charge in [0.15, 0.2) is 0 Å². The molecule has 0 unspecified atom stereocenters. The van der Waals surface area contributed by atoms with Gasteiger partial charge in [-0.05, 0) is 51.4 Å². The standard InChI is InChI=1S/C73H149NO3S/c1-4-7-10-13-16-19-22-25-28-31-34-37-40-43-46-49-52-55-58-61-64-69-74(72-67-68-73-78(75,76)77,70-65-62-59-56-53-50-47-44-41-38-35-32-29-26-23-20-17-14-11-8-5-2)71-66-63-60-57-54-51-48-45-42-39-36-33-30-27-24-21-18-15-12-9-6-3/h4-73H2,1-3H3. The summed E-state index contributed by atoms with van der Waals surface area (Å²) in [6.45, 7) is 11.7. The Balaban J connectivity index is 4.65. The second-order valence-corrected chi connectivity index (χ2v) is 27.9. The molecule has 0 aliphatic carbocycles. The third kappa shape index (κ3) is 65.0. The van der Waals surface area contributed by atoms with E-state index in [4.69, 9.17) is 0 Å². The van der Waals surface area contributed by atoms with E-state index in [2.05, 4.69) is 20.8 Å². The molecular weight excluding hydrogens is 971 g/mol. The molecule has 470 valence electrons. The maximum Gasteiger partial charge on any atom is 0.0945 e. The lowest BCUT2D eigenvalue weighted by molar-refractivity contribution is -0.929. The van der Waals surface area contributed by atoms with Crippen molar-refractivity contribution in [1.29, 1.82) is 0 Å². The molecule has 0 saturated carbocycles. The van der Waals surface area contributed by atoms with E-state index in [0.29, 0.717) is 6.42 Å². The number of nitrogens with zero attached hydrogens (tertiary/aromatic N) is 1. The first-order valence-electron chi connectivity index (χ1n) is 37.2. The Bertz CT molecular complexity index is 1080. The van der Waals surface area contributed by atoms with Crippen molar-refractivity contribution in [3.05, 3.63) is 0 Å². The van der Waals surface area contributed by atoms with Crippen LogP contribution >= 0.6 is 0 Å². The zero-order valence-corrected chi connectivity index (χ0v) is 55.4. The van der Waals surface area contributed by atoms with Crippen LogP contribution in [0.4, 0.5) is 0 Å². The van der Waals surface area contributed by atoms with Gasteiger partial charge in [0.2, 0.25) is 0 Å². The maximum absolute atomic E-state index is 11.6. The van der Waals surface area contributed by atoms with E-state index in [1.54, 1.807) is 0 Å². The van der Waals surface area contributed by atoms with Crippen LogP contribution in [0.3, 0.4) is 0 Å². The molecule has 0 rings (SSSR count). The van der Waals surface area contributed by atoms with E-state index in [1.807, 2.05) is 0 Å². The molecule has 0 fully saturated rings. The van der Waals surface area contributed by atoms with Gasteiger partial charge in [-0.1, -0.05) is 387 Å². The summed E-state index contributed by atoms with van der Waals surface area (Å²) in [6, 6.07) is 0. The lowest BCUT2D eigenvalue weighted by Crippen LogP contribution is -2.51. The smallest absolute Gasteiger partial charge is 0.0945 e. The Kier molecular flexibility index (Phi) is 65.9. The van der Waals surface area contributed by atoms with Gasteiger partial charge in [-0.15, -0.1) is 0 Å². The lowest BCUT2D eigenvalue weighted by Gasteiger charge is -2.40. The van der Waals surface area contributed by atoms with Crippen molar-refractivity contribution >= 4 is 10.1 Å².